The maximum Gasteiger partial charge on any atom is 0.235 e. The molecule has 1 aliphatic heterocycles. The first-order valence-electron chi connectivity index (χ1n) is 10.9. The van der Waals surface area contributed by atoms with Gasteiger partial charge in [-0.1, -0.05) is 19.9 Å². The summed E-state index contributed by atoms with van der Waals surface area (Å²) in [5, 5.41) is 8.62. The quantitative estimate of drug-likeness (QED) is 0.734. The second-order valence-corrected chi connectivity index (χ2v) is 9.87. The van der Waals surface area contributed by atoms with E-state index < -0.39 is 17.0 Å². The highest BCUT2D eigenvalue weighted by Gasteiger charge is 2.68. The SMILES string of the molecule is CC(C)OC1CN(C(=O)[C@]23CC[C@H](c4cc(-c5c(F)cccc5F)nnc42)C3(C)C)C1. The number of rotatable bonds is 4. The number of likely N-dealkylation sites (tertiary alicyclic amines) is 1. The zero-order valence-corrected chi connectivity index (χ0v) is 18.3. The Balaban J connectivity index is 1.53. The van der Waals surface area contributed by atoms with Crippen molar-refractivity contribution in [3.05, 3.63) is 47.2 Å². The van der Waals surface area contributed by atoms with Crippen LogP contribution in [0.2, 0.25) is 0 Å². The summed E-state index contributed by atoms with van der Waals surface area (Å²) in [6.07, 6.45) is 1.75. The standard InChI is InChI=1S/C24H27F2N3O2/c1-13(2)31-14-11-29(12-14)22(30)24-9-8-16(23(24,3)4)15-10-19(27-28-21(15)24)20-17(25)6-5-7-18(20)26/h5-7,10,13-14,16H,8-9,11-12H2,1-4H3/t16-,24+/m1/s1. The molecule has 31 heavy (non-hydrogen) atoms. The molecule has 164 valence electrons. The van der Waals surface area contributed by atoms with Crippen LogP contribution < -0.4 is 0 Å². The second-order valence-electron chi connectivity index (χ2n) is 9.87. The molecule has 7 heteroatoms. The summed E-state index contributed by atoms with van der Waals surface area (Å²) in [6.45, 7) is 9.37. The normalized spacial score (nSPS) is 26.3. The van der Waals surface area contributed by atoms with Gasteiger partial charge in [0.05, 0.1) is 34.6 Å². The van der Waals surface area contributed by atoms with Crippen molar-refractivity contribution in [3.8, 4) is 11.3 Å². The zero-order chi connectivity index (χ0) is 22.1. The average molecular weight is 427 g/mol. The predicted molar refractivity (Wildman–Crippen MR) is 111 cm³/mol. The summed E-state index contributed by atoms with van der Waals surface area (Å²) in [6, 6.07) is 5.50. The molecule has 0 unspecified atom stereocenters. The number of hydrogen-bond donors (Lipinski definition) is 0. The van der Waals surface area contributed by atoms with E-state index in [0.717, 1.165) is 12.0 Å². The highest BCUT2D eigenvalue weighted by atomic mass is 19.1. The maximum atomic E-state index is 14.3. The van der Waals surface area contributed by atoms with Gasteiger partial charge < -0.3 is 9.64 Å². The first-order valence-corrected chi connectivity index (χ1v) is 10.9. The molecule has 1 amide bonds. The van der Waals surface area contributed by atoms with E-state index in [1.54, 1.807) is 6.07 Å². The van der Waals surface area contributed by atoms with Crippen molar-refractivity contribution in [2.45, 2.75) is 64.1 Å². The van der Waals surface area contributed by atoms with Crippen molar-refractivity contribution >= 4 is 5.91 Å². The van der Waals surface area contributed by atoms with Crippen molar-refractivity contribution in [1.82, 2.24) is 15.1 Å². The molecule has 2 fully saturated rings. The van der Waals surface area contributed by atoms with Crippen molar-refractivity contribution in [2.75, 3.05) is 13.1 Å². The molecule has 1 aromatic carbocycles. The lowest BCUT2D eigenvalue weighted by atomic mass is 9.67. The zero-order valence-electron chi connectivity index (χ0n) is 18.3. The summed E-state index contributed by atoms with van der Waals surface area (Å²) in [5.41, 5.74) is 0.470. The van der Waals surface area contributed by atoms with Crippen LogP contribution in [0.3, 0.4) is 0 Å². The molecule has 5 rings (SSSR count). The lowest BCUT2D eigenvalue weighted by Gasteiger charge is -2.46. The first kappa shape index (κ1) is 20.5. The first-order chi connectivity index (χ1) is 14.7. The fraction of sp³-hybridized carbons (Fsp3) is 0.542. The van der Waals surface area contributed by atoms with Gasteiger partial charge in [0.15, 0.2) is 0 Å². The third-order valence-corrected chi connectivity index (χ3v) is 7.57. The summed E-state index contributed by atoms with van der Waals surface area (Å²) >= 11 is 0. The predicted octanol–water partition coefficient (Wildman–Crippen LogP) is 4.21. The lowest BCUT2D eigenvalue weighted by molar-refractivity contribution is -0.157. The third kappa shape index (κ3) is 2.71. The van der Waals surface area contributed by atoms with Gasteiger partial charge in [-0.15, -0.1) is 5.10 Å². The molecular weight excluding hydrogens is 400 g/mol. The number of benzene rings is 1. The highest BCUT2D eigenvalue weighted by Crippen LogP contribution is 2.68. The molecule has 0 spiro atoms. The van der Waals surface area contributed by atoms with E-state index in [4.69, 9.17) is 4.74 Å². The van der Waals surface area contributed by atoms with Gasteiger partial charge in [0.2, 0.25) is 5.91 Å². The van der Waals surface area contributed by atoms with Crippen molar-refractivity contribution in [3.63, 3.8) is 0 Å². The number of carbonyl (C=O) groups is 1. The molecule has 2 heterocycles. The van der Waals surface area contributed by atoms with E-state index in [9.17, 15) is 13.6 Å². The highest BCUT2D eigenvalue weighted by molar-refractivity contribution is 5.92. The van der Waals surface area contributed by atoms with Crippen LogP contribution in [0.1, 0.15) is 57.7 Å². The number of aromatic nitrogens is 2. The van der Waals surface area contributed by atoms with E-state index in [1.165, 1.54) is 18.2 Å². The fourth-order valence-electron chi connectivity index (χ4n) is 6.01. The number of fused-ring (bicyclic) bond motifs is 5. The summed E-state index contributed by atoms with van der Waals surface area (Å²) in [5.74, 6) is -1.17. The Hall–Kier alpha value is -2.41. The van der Waals surface area contributed by atoms with Crippen LogP contribution in [0.25, 0.3) is 11.3 Å². The van der Waals surface area contributed by atoms with Gasteiger partial charge in [0.25, 0.3) is 0 Å². The summed E-state index contributed by atoms with van der Waals surface area (Å²) in [7, 11) is 0. The molecule has 2 aromatic rings. The molecule has 1 aromatic heterocycles. The van der Waals surface area contributed by atoms with Crippen molar-refractivity contribution in [2.24, 2.45) is 5.41 Å². The van der Waals surface area contributed by atoms with Crippen molar-refractivity contribution < 1.29 is 18.3 Å². The van der Waals surface area contributed by atoms with Gasteiger partial charge >= 0.3 is 0 Å². The van der Waals surface area contributed by atoms with E-state index in [1.807, 2.05) is 18.7 Å². The number of halogens is 2. The van der Waals surface area contributed by atoms with Crippen LogP contribution in [0, 0.1) is 17.0 Å². The topological polar surface area (TPSA) is 55.3 Å². The molecule has 3 aliphatic rings. The van der Waals surface area contributed by atoms with Crippen LogP contribution >= 0.6 is 0 Å². The Kier molecular flexibility index (Phi) is 4.49. The molecule has 1 saturated heterocycles. The molecule has 0 radical (unpaired) electrons. The van der Waals surface area contributed by atoms with Gasteiger partial charge in [0.1, 0.15) is 11.6 Å². The van der Waals surface area contributed by atoms with E-state index >= 15 is 0 Å². The summed E-state index contributed by atoms with van der Waals surface area (Å²) < 4.78 is 34.5. The monoisotopic (exact) mass is 427 g/mol. The minimum atomic E-state index is -0.755. The van der Waals surface area contributed by atoms with E-state index in [-0.39, 0.29) is 40.7 Å². The van der Waals surface area contributed by atoms with Crippen LogP contribution in [-0.2, 0) is 14.9 Å². The van der Waals surface area contributed by atoms with E-state index in [0.29, 0.717) is 25.2 Å². The number of hydrogen-bond acceptors (Lipinski definition) is 4. The minimum Gasteiger partial charge on any atom is -0.372 e. The molecule has 2 atom stereocenters. The minimum absolute atomic E-state index is 0.0685. The Labute approximate surface area is 180 Å². The fourth-order valence-corrected chi connectivity index (χ4v) is 6.01. The van der Waals surface area contributed by atoms with Crippen molar-refractivity contribution in [1.29, 1.82) is 0 Å². The molecule has 0 N–H and O–H groups in total. The van der Waals surface area contributed by atoms with Gasteiger partial charge in [-0.2, -0.15) is 5.10 Å². The molecule has 2 aliphatic carbocycles. The van der Waals surface area contributed by atoms with Crippen LogP contribution in [0.15, 0.2) is 24.3 Å². The Morgan fingerprint density at radius 1 is 1.19 bits per heavy atom. The van der Waals surface area contributed by atoms with Gasteiger partial charge in [0, 0.05) is 13.1 Å². The van der Waals surface area contributed by atoms with Crippen LogP contribution in [0.5, 0.6) is 0 Å². The Bertz CT molecular complexity index is 1040. The second kappa shape index (κ2) is 6.79. The van der Waals surface area contributed by atoms with E-state index in [2.05, 4.69) is 24.0 Å². The Morgan fingerprint density at radius 3 is 2.52 bits per heavy atom. The van der Waals surface area contributed by atoms with Gasteiger partial charge in [-0.05, 0) is 61.8 Å². The maximum absolute atomic E-state index is 14.3. The number of nitrogens with zero attached hydrogens (tertiary/aromatic N) is 3. The Morgan fingerprint density at radius 2 is 1.87 bits per heavy atom. The molecular formula is C24H27F2N3O2. The molecule has 2 bridgehead atoms. The number of carbonyl (C=O) groups excluding carboxylic acids is 1. The average Bonchev–Trinajstić information content (AvgIpc) is 3.05. The van der Waals surface area contributed by atoms with Crippen LogP contribution in [0.4, 0.5) is 8.78 Å². The lowest BCUT2D eigenvalue weighted by Crippen LogP contribution is -2.62. The number of ether oxygens (including phenoxy) is 1. The molecule has 1 saturated carbocycles. The smallest absolute Gasteiger partial charge is 0.235 e. The molecule has 5 nitrogen and oxygen atoms in total. The number of amides is 1. The van der Waals surface area contributed by atoms with Crippen LogP contribution in [-0.4, -0.2) is 46.3 Å². The third-order valence-electron chi connectivity index (χ3n) is 7.57. The summed E-state index contributed by atoms with van der Waals surface area (Å²) in [4.78, 5) is 15.6. The largest absolute Gasteiger partial charge is 0.372 e. The van der Waals surface area contributed by atoms with Gasteiger partial charge in [-0.3, -0.25) is 4.79 Å². The van der Waals surface area contributed by atoms with Gasteiger partial charge in [-0.25, -0.2) is 8.78 Å².